The summed E-state index contributed by atoms with van der Waals surface area (Å²) in [4.78, 5) is 2.22. The lowest BCUT2D eigenvalue weighted by molar-refractivity contribution is -0.00625. The summed E-state index contributed by atoms with van der Waals surface area (Å²) >= 11 is 11.9. The van der Waals surface area contributed by atoms with Crippen molar-refractivity contribution in [2.24, 2.45) is 0 Å². The van der Waals surface area contributed by atoms with Crippen LogP contribution in [0.2, 0.25) is 10.0 Å². The molecule has 0 amide bonds. The van der Waals surface area contributed by atoms with Gasteiger partial charge in [0.1, 0.15) is 0 Å². The van der Waals surface area contributed by atoms with Crippen LogP contribution in [-0.2, 0) is 0 Å². The zero-order valence-corrected chi connectivity index (χ0v) is 12.9. The van der Waals surface area contributed by atoms with Crippen molar-refractivity contribution in [1.29, 1.82) is 0 Å². The summed E-state index contributed by atoms with van der Waals surface area (Å²) in [5, 5.41) is 11.5. The number of nitrogens with zero attached hydrogens (tertiary/aromatic N) is 1. The van der Waals surface area contributed by atoms with E-state index in [4.69, 9.17) is 23.2 Å². The molecule has 1 unspecified atom stereocenters. The van der Waals surface area contributed by atoms with Gasteiger partial charge in [-0.05, 0) is 44.6 Å². The topological polar surface area (TPSA) is 23.5 Å². The van der Waals surface area contributed by atoms with E-state index >= 15 is 0 Å². The maximum atomic E-state index is 10.6. The number of aliphatic hydroxyl groups is 1. The monoisotopic (exact) mass is 289 g/mol. The second-order valence-electron chi connectivity index (χ2n) is 4.90. The lowest BCUT2D eigenvalue weighted by atomic mass is 9.89. The van der Waals surface area contributed by atoms with E-state index in [0.717, 1.165) is 18.7 Å². The van der Waals surface area contributed by atoms with Crippen LogP contribution in [0.25, 0.3) is 0 Å². The van der Waals surface area contributed by atoms with Crippen molar-refractivity contribution in [3.05, 3.63) is 33.8 Å². The van der Waals surface area contributed by atoms with Crippen LogP contribution < -0.4 is 0 Å². The van der Waals surface area contributed by atoms with Crippen LogP contribution in [0.4, 0.5) is 0 Å². The van der Waals surface area contributed by atoms with Gasteiger partial charge in [-0.15, -0.1) is 0 Å². The van der Waals surface area contributed by atoms with Crippen LogP contribution in [0.5, 0.6) is 0 Å². The number of benzene rings is 1. The van der Waals surface area contributed by atoms with Gasteiger partial charge in [0.05, 0.1) is 16.1 Å². The Morgan fingerprint density at radius 3 is 2.17 bits per heavy atom. The third kappa shape index (κ3) is 3.18. The molecule has 0 saturated heterocycles. The van der Waals surface area contributed by atoms with E-state index in [1.807, 2.05) is 19.9 Å². The average Bonchev–Trinajstić information content (AvgIpc) is 2.33. The highest BCUT2D eigenvalue weighted by molar-refractivity contribution is 6.42. The molecule has 18 heavy (non-hydrogen) atoms. The first-order chi connectivity index (χ1) is 8.34. The van der Waals surface area contributed by atoms with Gasteiger partial charge < -0.3 is 5.11 Å². The van der Waals surface area contributed by atoms with Crippen molar-refractivity contribution in [3.8, 4) is 0 Å². The Morgan fingerprint density at radius 1 is 1.17 bits per heavy atom. The summed E-state index contributed by atoms with van der Waals surface area (Å²) in [7, 11) is 0. The number of hydrogen-bond donors (Lipinski definition) is 1. The first-order valence-corrected chi connectivity index (χ1v) is 6.98. The molecular formula is C14H21Cl2NO. The molecule has 102 valence electrons. The van der Waals surface area contributed by atoms with E-state index in [1.54, 1.807) is 12.1 Å². The summed E-state index contributed by atoms with van der Waals surface area (Å²) in [6.45, 7) is 10.0. The number of hydrogen-bond acceptors (Lipinski definition) is 2. The molecule has 0 aliphatic rings. The van der Waals surface area contributed by atoms with Gasteiger partial charge in [0.2, 0.25) is 0 Å². The van der Waals surface area contributed by atoms with Crippen LogP contribution >= 0.6 is 23.2 Å². The number of aliphatic hydroxyl groups excluding tert-OH is 1. The van der Waals surface area contributed by atoms with Crippen molar-refractivity contribution >= 4 is 23.2 Å². The van der Waals surface area contributed by atoms with E-state index < -0.39 is 6.10 Å². The van der Waals surface area contributed by atoms with E-state index in [2.05, 4.69) is 18.7 Å². The van der Waals surface area contributed by atoms with Gasteiger partial charge >= 0.3 is 0 Å². The molecule has 1 aromatic carbocycles. The van der Waals surface area contributed by atoms with Crippen molar-refractivity contribution in [2.75, 3.05) is 13.1 Å². The average molecular weight is 290 g/mol. The molecule has 0 radical (unpaired) electrons. The summed E-state index contributed by atoms with van der Waals surface area (Å²) in [5.74, 6) is 0. The van der Waals surface area contributed by atoms with Crippen molar-refractivity contribution < 1.29 is 5.11 Å². The standard InChI is InChI=1S/C14H21Cl2NO/c1-5-17(6-2)14(3,4)13(18)10-7-8-11(15)12(16)9-10/h7-9,13,18H,5-6H2,1-4H3. The van der Waals surface area contributed by atoms with Gasteiger partial charge in [0.15, 0.2) is 0 Å². The molecule has 0 spiro atoms. The molecule has 0 aliphatic heterocycles. The molecule has 1 aromatic rings. The van der Waals surface area contributed by atoms with Gasteiger partial charge in [0, 0.05) is 5.54 Å². The summed E-state index contributed by atoms with van der Waals surface area (Å²) in [6, 6.07) is 5.28. The first-order valence-electron chi connectivity index (χ1n) is 6.22. The Morgan fingerprint density at radius 2 is 1.72 bits per heavy atom. The molecule has 0 aliphatic carbocycles. The van der Waals surface area contributed by atoms with Gasteiger partial charge in [0.25, 0.3) is 0 Å². The molecule has 0 saturated carbocycles. The molecular weight excluding hydrogens is 269 g/mol. The SMILES string of the molecule is CCN(CC)C(C)(C)C(O)c1ccc(Cl)c(Cl)c1. The second kappa shape index (κ2) is 6.25. The smallest absolute Gasteiger partial charge is 0.0968 e. The third-order valence-electron chi connectivity index (χ3n) is 3.51. The highest BCUT2D eigenvalue weighted by Crippen LogP contribution is 2.33. The van der Waals surface area contributed by atoms with E-state index in [9.17, 15) is 5.11 Å². The summed E-state index contributed by atoms with van der Waals surface area (Å²) < 4.78 is 0. The maximum Gasteiger partial charge on any atom is 0.0968 e. The van der Waals surface area contributed by atoms with Crippen molar-refractivity contribution in [1.82, 2.24) is 4.90 Å². The molecule has 4 heteroatoms. The predicted octanol–water partition coefficient (Wildman–Crippen LogP) is 4.15. The molecule has 0 heterocycles. The fourth-order valence-corrected chi connectivity index (χ4v) is 2.61. The largest absolute Gasteiger partial charge is 0.386 e. The van der Waals surface area contributed by atoms with Crippen molar-refractivity contribution in [3.63, 3.8) is 0 Å². The van der Waals surface area contributed by atoms with Crippen molar-refractivity contribution in [2.45, 2.75) is 39.3 Å². The van der Waals surface area contributed by atoms with Crippen LogP contribution in [0.15, 0.2) is 18.2 Å². The Kier molecular flexibility index (Phi) is 5.47. The fraction of sp³-hybridized carbons (Fsp3) is 0.571. The van der Waals surface area contributed by atoms with Crippen LogP contribution in [-0.4, -0.2) is 28.6 Å². The van der Waals surface area contributed by atoms with Gasteiger partial charge in [-0.25, -0.2) is 0 Å². The van der Waals surface area contributed by atoms with Gasteiger partial charge in [-0.2, -0.15) is 0 Å². The van der Waals surface area contributed by atoms with Crippen LogP contribution in [0.3, 0.4) is 0 Å². The summed E-state index contributed by atoms with van der Waals surface area (Å²) in [6.07, 6.45) is -0.604. The molecule has 0 fully saturated rings. The highest BCUT2D eigenvalue weighted by atomic mass is 35.5. The minimum Gasteiger partial charge on any atom is -0.386 e. The molecule has 1 N–H and O–H groups in total. The van der Waals surface area contributed by atoms with Gasteiger partial charge in [-0.3, -0.25) is 4.90 Å². The number of likely N-dealkylation sites (N-methyl/N-ethyl adjacent to an activating group) is 1. The molecule has 0 bridgehead atoms. The molecule has 1 rings (SSSR count). The Bertz CT molecular complexity index is 403. The van der Waals surface area contributed by atoms with Gasteiger partial charge in [-0.1, -0.05) is 43.1 Å². The molecule has 2 nitrogen and oxygen atoms in total. The van der Waals surface area contributed by atoms with Crippen LogP contribution in [0, 0.1) is 0 Å². The lowest BCUT2D eigenvalue weighted by Crippen LogP contribution is -2.48. The summed E-state index contributed by atoms with van der Waals surface area (Å²) in [5.41, 5.74) is 0.446. The zero-order valence-electron chi connectivity index (χ0n) is 11.4. The first kappa shape index (κ1) is 15.8. The Balaban J connectivity index is 3.04. The lowest BCUT2D eigenvalue weighted by Gasteiger charge is -2.41. The normalized spacial score (nSPS) is 14.0. The quantitative estimate of drug-likeness (QED) is 0.880. The predicted molar refractivity (Wildman–Crippen MR) is 78.4 cm³/mol. The van der Waals surface area contributed by atoms with E-state index in [-0.39, 0.29) is 5.54 Å². The number of halogens is 2. The molecule has 0 aromatic heterocycles. The van der Waals surface area contributed by atoms with Crippen LogP contribution in [0.1, 0.15) is 39.4 Å². The van der Waals surface area contributed by atoms with E-state index in [0.29, 0.717) is 10.0 Å². The fourth-order valence-electron chi connectivity index (χ4n) is 2.30. The second-order valence-corrected chi connectivity index (χ2v) is 5.72. The Labute approximate surface area is 120 Å². The number of rotatable bonds is 5. The van der Waals surface area contributed by atoms with E-state index in [1.165, 1.54) is 0 Å². The Hall–Kier alpha value is -0.280. The maximum absolute atomic E-state index is 10.6. The minimum atomic E-state index is -0.604. The zero-order chi connectivity index (χ0) is 13.9. The molecule has 1 atom stereocenters. The minimum absolute atomic E-state index is 0.347. The highest BCUT2D eigenvalue weighted by Gasteiger charge is 2.33. The third-order valence-corrected chi connectivity index (χ3v) is 4.25.